The van der Waals surface area contributed by atoms with Gasteiger partial charge in [-0.15, -0.1) is 0 Å². The van der Waals surface area contributed by atoms with Gasteiger partial charge in [0.15, 0.2) is 0 Å². The highest BCUT2D eigenvalue weighted by molar-refractivity contribution is 9.10. The second-order valence-corrected chi connectivity index (χ2v) is 6.81. The highest BCUT2D eigenvalue weighted by Gasteiger charge is 2.25. The molecule has 126 valence electrons. The topological polar surface area (TPSA) is 78.4 Å². The number of hydrogen-bond donors (Lipinski definition) is 2. The maximum Gasteiger partial charge on any atom is 0.306 e. The van der Waals surface area contributed by atoms with E-state index in [1.165, 1.54) is 0 Å². The Morgan fingerprint density at radius 3 is 2.54 bits per heavy atom. The molecule has 1 aliphatic heterocycles. The fraction of sp³-hybridized carbons (Fsp3) is 0.353. The molecule has 0 unspecified atom stereocenters. The van der Waals surface area contributed by atoms with Crippen molar-refractivity contribution in [3.8, 4) is 0 Å². The summed E-state index contributed by atoms with van der Waals surface area (Å²) in [6.45, 7) is 3.26. The van der Waals surface area contributed by atoms with Crippen molar-refractivity contribution in [1.29, 1.82) is 0 Å². The zero-order chi connectivity index (χ0) is 17.1. The molecular formula is C17H19BrN4O2. The first-order valence-corrected chi connectivity index (χ1v) is 8.66. The van der Waals surface area contributed by atoms with Gasteiger partial charge in [0, 0.05) is 29.3 Å². The Morgan fingerprint density at radius 1 is 1.25 bits per heavy atom. The predicted molar refractivity (Wildman–Crippen MR) is 96.8 cm³/mol. The van der Waals surface area contributed by atoms with Gasteiger partial charge >= 0.3 is 5.97 Å². The molecule has 0 bridgehead atoms. The molecule has 2 heterocycles. The van der Waals surface area contributed by atoms with Crippen LogP contribution in [0, 0.1) is 12.8 Å². The molecule has 2 N–H and O–H groups in total. The zero-order valence-corrected chi connectivity index (χ0v) is 15.0. The minimum Gasteiger partial charge on any atom is -0.481 e. The molecule has 1 aromatic carbocycles. The molecule has 1 aliphatic rings. The number of anilines is 3. The van der Waals surface area contributed by atoms with E-state index in [4.69, 9.17) is 5.11 Å². The summed E-state index contributed by atoms with van der Waals surface area (Å²) in [4.78, 5) is 22.1. The van der Waals surface area contributed by atoms with E-state index < -0.39 is 5.97 Å². The van der Waals surface area contributed by atoms with E-state index in [-0.39, 0.29) is 5.92 Å². The first-order valence-electron chi connectivity index (χ1n) is 7.87. The van der Waals surface area contributed by atoms with Crippen molar-refractivity contribution < 1.29 is 9.90 Å². The normalized spacial score (nSPS) is 15.3. The average molecular weight is 391 g/mol. The van der Waals surface area contributed by atoms with Crippen LogP contribution < -0.4 is 10.2 Å². The Labute approximate surface area is 149 Å². The van der Waals surface area contributed by atoms with Gasteiger partial charge in [-0.2, -0.15) is 0 Å². The van der Waals surface area contributed by atoms with Crippen LogP contribution in [0.25, 0.3) is 0 Å². The van der Waals surface area contributed by atoms with Crippen LogP contribution in [0.3, 0.4) is 0 Å². The van der Waals surface area contributed by atoms with Gasteiger partial charge in [-0.1, -0.05) is 15.9 Å². The molecule has 7 heteroatoms. The molecule has 1 aromatic heterocycles. The molecule has 2 aromatic rings. The third kappa shape index (κ3) is 4.03. The van der Waals surface area contributed by atoms with Crippen molar-refractivity contribution in [1.82, 2.24) is 9.97 Å². The van der Waals surface area contributed by atoms with Crippen LogP contribution in [0.2, 0.25) is 0 Å². The van der Waals surface area contributed by atoms with Crippen LogP contribution in [-0.4, -0.2) is 34.1 Å². The molecule has 0 atom stereocenters. The lowest BCUT2D eigenvalue weighted by Gasteiger charge is -2.31. The van der Waals surface area contributed by atoms with Gasteiger partial charge in [-0.3, -0.25) is 4.79 Å². The molecule has 6 nitrogen and oxygen atoms in total. The van der Waals surface area contributed by atoms with Crippen molar-refractivity contribution in [2.75, 3.05) is 23.3 Å². The molecular weight excluding hydrogens is 372 g/mol. The number of halogens is 1. The van der Waals surface area contributed by atoms with E-state index in [2.05, 4.69) is 36.1 Å². The van der Waals surface area contributed by atoms with Crippen LogP contribution in [0.5, 0.6) is 0 Å². The summed E-state index contributed by atoms with van der Waals surface area (Å²) in [6, 6.07) is 9.79. The highest BCUT2D eigenvalue weighted by Crippen LogP contribution is 2.25. The Hall–Kier alpha value is -2.15. The van der Waals surface area contributed by atoms with E-state index >= 15 is 0 Å². The smallest absolute Gasteiger partial charge is 0.306 e. The monoisotopic (exact) mass is 390 g/mol. The van der Waals surface area contributed by atoms with Crippen LogP contribution in [-0.2, 0) is 4.79 Å². The van der Waals surface area contributed by atoms with E-state index in [0.29, 0.717) is 31.8 Å². The summed E-state index contributed by atoms with van der Waals surface area (Å²) in [5, 5.41) is 12.4. The number of nitrogens with zero attached hydrogens (tertiary/aromatic N) is 3. The van der Waals surface area contributed by atoms with E-state index in [1.807, 2.05) is 37.3 Å². The minimum absolute atomic E-state index is 0.246. The van der Waals surface area contributed by atoms with Crippen molar-refractivity contribution in [2.45, 2.75) is 19.8 Å². The second-order valence-electron chi connectivity index (χ2n) is 5.89. The SMILES string of the molecule is Cc1nc(Nc2ccc(Br)cc2)cc(N2CCC(C(=O)O)CC2)n1. The van der Waals surface area contributed by atoms with Crippen LogP contribution in [0.4, 0.5) is 17.3 Å². The number of carbonyl (C=O) groups is 1. The lowest BCUT2D eigenvalue weighted by atomic mass is 9.97. The number of aryl methyl sites for hydroxylation is 1. The number of aromatic nitrogens is 2. The standard InChI is InChI=1S/C17H19BrN4O2/c1-11-19-15(21-14-4-2-13(18)3-5-14)10-16(20-11)22-8-6-12(7-9-22)17(23)24/h2-5,10,12H,6-9H2,1H3,(H,23,24)(H,19,20,21). The fourth-order valence-corrected chi connectivity index (χ4v) is 3.08. The van der Waals surface area contributed by atoms with Gasteiger partial charge in [-0.25, -0.2) is 9.97 Å². The Balaban J connectivity index is 1.74. The average Bonchev–Trinajstić information content (AvgIpc) is 2.56. The van der Waals surface area contributed by atoms with Gasteiger partial charge in [0.2, 0.25) is 0 Å². The van der Waals surface area contributed by atoms with E-state index in [9.17, 15) is 4.79 Å². The number of hydrogen-bond acceptors (Lipinski definition) is 5. The third-order valence-corrected chi connectivity index (χ3v) is 4.64. The van der Waals surface area contributed by atoms with Crippen molar-refractivity contribution in [2.24, 2.45) is 5.92 Å². The van der Waals surface area contributed by atoms with Crippen molar-refractivity contribution in [3.05, 3.63) is 40.6 Å². The fourth-order valence-electron chi connectivity index (χ4n) is 2.81. The molecule has 0 saturated carbocycles. The summed E-state index contributed by atoms with van der Waals surface area (Å²) in [5.74, 6) is 1.31. The first-order chi connectivity index (χ1) is 11.5. The Kier molecular flexibility index (Phi) is 4.99. The summed E-state index contributed by atoms with van der Waals surface area (Å²) in [6.07, 6.45) is 1.29. The number of carboxylic acids is 1. The Bertz CT molecular complexity index is 728. The summed E-state index contributed by atoms with van der Waals surface area (Å²) >= 11 is 3.42. The van der Waals surface area contributed by atoms with Gasteiger partial charge in [0.05, 0.1) is 5.92 Å². The van der Waals surface area contributed by atoms with Crippen molar-refractivity contribution in [3.63, 3.8) is 0 Å². The highest BCUT2D eigenvalue weighted by atomic mass is 79.9. The van der Waals surface area contributed by atoms with Crippen LogP contribution >= 0.6 is 15.9 Å². The predicted octanol–water partition coefficient (Wildman–Crippen LogP) is 3.59. The molecule has 3 rings (SSSR count). The number of carboxylic acid groups (broad SMARTS) is 1. The zero-order valence-electron chi connectivity index (χ0n) is 13.4. The lowest BCUT2D eigenvalue weighted by Crippen LogP contribution is -2.36. The van der Waals surface area contributed by atoms with Gasteiger partial charge in [0.25, 0.3) is 0 Å². The molecule has 0 radical (unpaired) electrons. The van der Waals surface area contributed by atoms with Crippen molar-refractivity contribution >= 4 is 39.2 Å². The number of aliphatic carboxylic acids is 1. The van der Waals surface area contributed by atoms with E-state index in [1.54, 1.807) is 0 Å². The van der Waals surface area contributed by atoms with Gasteiger partial charge in [-0.05, 0) is 44.0 Å². The molecule has 1 fully saturated rings. The number of benzene rings is 1. The summed E-state index contributed by atoms with van der Waals surface area (Å²) in [5.41, 5.74) is 0.951. The van der Waals surface area contributed by atoms with Crippen LogP contribution in [0.15, 0.2) is 34.8 Å². The number of piperidine rings is 1. The van der Waals surface area contributed by atoms with Crippen LogP contribution in [0.1, 0.15) is 18.7 Å². The summed E-state index contributed by atoms with van der Waals surface area (Å²) in [7, 11) is 0. The van der Waals surface area contributed by atoms with Gasteiger partial charge < -0.3 is 15.3 Å². The number of rotatable bonds is 4. The first kappa shape index (κ1) is 16.7. The third-order valence-electron chi connectivity index (χ3n) is 4.11. The maximum absolute atomic E-state index is 11.1. The number of nitrogens with one attached hydrogen (secondary N) is 1. The largest absolute Gasteiger partial charge is 0.481 e. The van der Waals surface area contributed by atoms with Gasteiger partial charge in [0.1, 0.15) is 17.5 Å². The maximum atomic E-state index is 11.1. The second kappa shape index (κ2) is 7.17. The van der Waals surface area contributed by atoms with E-state index in [0.717, 1.165) is 21.8 Å². The molecule has 0 spiro atoms. The molecule has 1 saturated heterocycles. The molecule has 24 heavy (non-hydrogen) atoms. The molecule has 0 aliphatic carbocycles. The minimum atomic E-state index is -0.703. The lowest BCUT2D eigenvalue weighted by molar-refractivity contribution is -0.142. The quantitative estimate of drug-likeness (QED) is 0.830. The summed E-state index contributed by atoms with van der Waals surface area (Å²) < 4.78 is 1.02. The Morgan fingerprint density at radius 2 is 1.92 bits per heavy atom. The molecule has 0 amide bonds.